The molecule has 0 heterocycles. The van der Waals surface area contributed by atoms with Gasteiger partial charge in [0, 0.05) is 42.5 Å². The number of hydrogen-bond donors (Lipinski definition) is 2. The highest BCUT2D eigenvalue weighted by Gasteiger charge is 2.07. The molecule has 0 aliphatic rings. The van der Waals surface area contributed by atoms with E-state index in [1.807, 2.05) is 12.1 Å². The van der Waals surface area contributed by atoms with Gasteiger partial charge in [-0.1, -0.05) is 12.1 Å². The van der Waals surface area contributed by atoms with Gasteiger partial charge < -0.3 is 20.1 Å². The molecule has 0 spiro atoms. The molecule has 0 aliphatic heterocycles. The van der Waals surface area contributed by atoms with Gasteiger partial charge in [-0.25, -0.2) is 0 Å². The molecule has 2 rings (SSSR count). The fourth-order valence-electron chi connectivity index (χ4n) is 2.36. The Morgan fingerprint density at radius 1 is 1.11 bits per heavy atom. The summed E-state index contributed by atoms with van der Waals surface area (Å²) in [7, 11) is 3.09. The molecular formula is C19H21N3O5. The monoisotopic (exact) mass is 371 g/mol. The minimum Gasteiger partial charge on any atom is -0.493 e. The third-order valence-corrected chi connectivity index (χ3v) is 3.68. The van der Waals surface area contributed by atoms with Crippen molar-refractivity contribution in [2.24, 2.45) is 0 Å². The second kappa shape index (κ2) is 9.81. The van der Waals surface area contributed by atoms with Crippen LogP contribution in [-0.2, 0) is 4.79 Å². The van der Waals surface area contributed by atoms with Gasteiger partial charge in [0.05, 0.1) is 19.1 Å². The molecule has 0 aromatic heterocycles. The lowest BCUT2D eigenvalue weighted by atomic mass is 10.1. The van der Waals surface area contributed by atoms with E-state index in [4.69, 9.17) is 9.47 Å². The molecule has 0 saturated heterocycles. The highest BCUT2D eigenvalue weighted by Crippen LogP contribution is 2.31. The van der Waals surface area contributed by atoms with E-state index in [-0.39, 0.29) is 11.6 Å². The highest BCUT2D eigenvalue weighted by molar-refractivity contribution is 5.92. The topological polar surface area (TPSA) is 103 Å². The Balaban J connectivity index is 1.81. The maximum absolute atomic E-state index is 11.9. The number of rotatable bonds is 9. The van der Waals surface area contributed by atoms with E-state index in [9.17, 15) is 14.9 Å². The molecule has 8 heteroatoms. The first-order valence-electron chi connectivity index (χ1n) is 8.20. The number of nitro benzene ring substituents is 1. The average Bonchev–Trinajstić information content (AvgIpc) is 2.69. The summed E-state index contributed by atoms with van der Waals surface area (Å²) >= 11 is 0. The van der Waals surface area contributed by atoms with Crippen LogP contribution in [0, 0.1) is 10.1 Å². The van der Waals surface area contributed by atoms with Crippen molar-refractivity contribution >= 4 is 23.4 Å². The van der Waals surface area contributed by atoms with Crippen molar-refractivity contribution in [1.82, 2.24) is 5.32 Å². The summed E-state index contributed by atoms with van der Waals surface area (Å²) in [5, 5.41) is 16.4. The fraction of sp³-hybridized carbons (Fsp3) is 0.211. The van der Waals surface area contributed by atoms with Gasteiger partial charge in [-0.2, -0.15) is 0 Å². The maximum Gasteiger partial charge on any atom is 0.269 e. The maximum atomic E-state index is 11.9. The molecule has 0 fully saturated rings. The van der Waals surface area contributed by atoms with Crippen LogP contribution in [0.15, 0.2) is 48.5 Å². The summed E-state index contributed by atoms with van der Waals surface area (Å²) < 4.78 is 10.5. The first kappa shape index (κ1) is 19.8. The van der Waals surface area contributed by atoms with E-state index in [2.05, 4.69) is 10.6 Å². The number of methoxy groups -OCH3 is 2. The van der Waals surface area contributed by atoms with Crippen LogP contribution in [0.2, 0.25) is 0 Å². The molecule has 0 radical (unpaired) electrons. The molecular weight excluding hydrogens is 350 g/mol. The van der Waals surface area contributed by atoms with E-state index >= 15 is 0 Å². The second-order valence-corrected chi connectivity index (χ2v) is 5.44. The summed E-state index contributed by atoms with van der Waals surface area (Å²) in [6.07, 6.45) is 3.07. The van der Waals surface area contributed by atoms with Crippen LogP contribution in [0.3, 0.4) is 0 Å². The number of ether oxygens (including phenoxy) is 2. The van der Waals surface area contributed by atoms with Crippen LogP contribution < -0.4 is 20.1 Å². The Bertz CT molecular complexity index is 819. The normalized spacial score (nSPS) is 10.4. The van der Waals surface area contributed by atoms with Crippen molar-refractivity contribution in [2.45, 2.75) is 0 Å². The zero-order chi connectivity index (χ0) is 19.6. The Morgan fingerprint density at radius 2 is 1.85 bits per heavy atom. The smallest absolute Gasteiger partial charge is 0.269 e. The van der Waals surface area contributed by atoms with Crippen molar-refractivity contribution in [3.63, 3.8) is 0 Å². The SMILES string of the molecule is COc1cccc(/C=C/C(=O)NCCNc2ccc([N+](=O)[O-])cc2)c1OC. The molecule has 0 atom stereocenters. The van der Waals surface area contributed by atoms with E-state index in [0.29, 0.717) is 24.6 Å². The number of amides is 1. The number of carbonyl (C=O) groups excluding carboxylic acids is 1. The number of carbonyl (C=O) groups is 1. The third kappa shape index (κ3) is 5.74. The Hall–Kier alpha value is -3.55. The molecule has 0 bridgehead atoms. The number of anilines is 1. The molecule has 142 valence electrons. The van der Waals surface area contributed by atoms with E-state index < -0.39 is 4.92 Å². The average molecular weight is 371 g/mol. The van der Waals surface area contributed by atoms with E-state index in [1.165, 1.54) is 18.2 Å². The first-order valence-corrected chi connectivity index (χ1v) is 8.20. The number of nitrogens with zero attached hydrogens (tertiary/aromatic N) is 1. The predicted octanol–water partition coefficient (Wildman–Crippen LogP) is 2.85. The predicted molar refractivity (Wildman–Crippen MR) is 103 cm³/mol. The van der Waals surface area contributed by atoms with E-state index in [0.717, 1.165) is 11.3 Å². The minimum absolute atomic E-state index is 0.0342. The van der Waals surface area contributed by atoms with Gasteiger partial charge in [0.15, 0.2) is 11.5 Å². The summed E-state index contributed by atoms with van der Waals surface area (Å²) in [6, 6.07) is 11.5. The number of para-hydroxylation sites is 1. The van der Waals surface area contributed by atoms with Crippen LogP contribution in [0.5, 0.6) is 11.5 Å². The van der Waals surface area contributed by atoms with Gasteiger partial charge in [0.25, 0.3) is 5.69 Å². The van der Waals surface area contributed by atoms with Gasteiger partial charge >= 0.3 is 0 Å². The fourth-order valence-corrected chi connectivity index (χ4v) is 2.36. The van der Waals surface area contributed by atoms with Gasteiger partial charge in [-0.15, -0.1) is 0 Å². The van der Waals surface area contributed by atoms with Crippen LogP contribution in [0.25, 0.3) is 6.08 Å². The highest BCUT2D eigenvalue weighted by atomic mass is 16.6. The number of nitro groups is 1. The summed E-state index contributed by atoms with van der Waals surface area (Å²) in [5.41, 5.74) is 1.51. The quantitative estimate of drug-likeness (QED) is 0.304. The van der Waals surface area contributed by atoms with Gasteiger partial charge in [-0.3, -0.25) is 14.9 Å². The largest absolute Gasteiger partial charge is 0.493 e. The lowest BCUT2D eigenvalue weighted by Crippen LogP contribution is -2.27. The van der Waals surface area contributed by atoms with Crippen molar-refractivity contribution in [3.8, 4) is 11.5 Å². The second-order valence-electron chi connectivity index (χ2n) is 5.44. The minimum atomic E-state index is -0.451. The molecule has 2 aromatic carbocycles. The van der Waals surface area contributed by atoms with Gasteiger partial charge in [0.1, 0.15) is 0 Å². The molecule has 27 heavy (non-hydrogen) atoms. The number of hydrogen-bond acceptors (Lipinski definition) is 6. The number of nitrogens with one attached hydrogen (secondary N) is 2. The van der Waals surface area contributed by atoms with Crippen LogP contribution in [0.1, 0.15) is 5.56 Å². The van der Waals surface area contributed by atoms with Crippen LogP contribution in [-0.4, -0.2) is 38.1 Å². The third-order valence-electron chi connectivity index (χ3n) is 3.68. The summed E-state index contributed by atoms with van der Waals surface area (Å²) in [4.78, 5) is 22.1. The van der Waals surface area contributed by atoms with Crippen LogP contribution in [0.4, 0.5) is 11.4 Å². The molecule has 0 saturated carbocycles. The lowest BCUT2D eigenvalue weighted by molar-refractivity contribution is -0.384. The van der Waals surface area contributed by atoms with Gasteiger partial charge in [0.2, 0.25) is 5.91 Å². The summed E-state index contributed by atoms with van der Waals surface area (Å²) in [5.74, 6) is 0.904. The van der Waals surface area contributed by atoms with Gasteiger partial charge in [-0.05, 0) is 24.3 Å². The van der Waals surface area contributed by atoms with Crippen LogP contribution >= 0.6 is 0 Å². The van der Waals surface area contributed by atoms with E-state index in [1.54, 1.807) is 38.5 Å². The molecule has 8 nitrogen and oxygen atoms in total. The Labute approximate surface area is 156 Å². The van der Waals surface area contributed by atoms with Crippen molar-refractivity contribution in [2.75, 3.05) is 32.6 Å². The summed E-state index contributed by atoms with van der Waals surface area (Å²) in [6.45, 7) is 0.884. The Morgan fingerprint density at radius 3 is 2.48 bits per heavy atom. The van der Waals surface area contributed by atoms with Crippen molar-refractivity contribution in [1.29, 1.82) is 0 Å². The van der Waals surface area contributed by atoms with Crippen molar-refractivity contribution < 1.29 is 19.2 Å². The zero-order valence-electron chi connectivity index (χ0n) is 15.1. The van der Waals surface area contributed by atoms with Crippen molar-refractivity contribution in [3.05, 3.63) is 64.2 Å². The molecule has 0 aliphatic carbocycles. The standard InChI is InChI=1S/C19H21N3O5/c1-26-17-5-3-4-14(19(17)27-2)6-11-18(23)21-13-12-20-15-7-9-16(10-8-15)22(24)25/h3-11,20H,12-13H2,1-2H3,(H,21,23)/b11-6+. The molecule has 2 N–H and O–H groups in total. The lowest BCUT2D eigenvalue weighted by Gasteiger charge is -2.10. The Kier molecular flexibility index (Phi) is 7.18. The molecule has 2 aromatic rings. The first-order chi connectivity index (χ1) is 13.0. The molecule has 0 unspecified atom stereocenters. The zero-order valence-corrected chi connectivity index (χ0v) is 15.1. The number of non-ortho nitro benzene ring substituents is 1. The molecule has 1 amide bonds. The number of benzene rings is 2.